The number of para-hydroxylation sites is 1. The molecule has 0 radical (unpaired) electrons. The van der Waals surface area contributed by atoms with E-state index in [0.29, 0.717) is 5.75 Å². The van der Waals surface area contributed by atoms with Gasteiger partial charge < -0.3 is 14.8 Å². The van der Waals surface area contributed by atoms with Gasteiger partial charge in [0, 0.05) is 18.0 Å². The molecule has 1 aromatic heterocycles. The average molecular weight is 428 g/mol. The van der Waals surface area contributed by atoms with Crippen molar-refractivity contribution in [3.05, 3.63) is 87.7 Å². The van der Waals surface area contributed by atoms with Crippen molar-refractivity contribution >= 4 is 34.9 Å². The molecular formula is C20H14ClN3O6. The Morgan fingerprint density at radius 2 is 1.93 bits per heavy atom. The lowest BCUT2D eigenvalue weighted by molar-refractivity contribution is -0.384. The van der Waals surface area contributed by atoms with Crippen molar-refractivity contribution in [3.63, 3.8) is 0 Å². The molecule has 152 valence electrons. The van der Waals surface area contributed by atoms with Crippen LogP contribution in [0.4, 0.5) is 11.4 Å². The second-order valence-electron chi connectivity index (χ2n) is 5.83. The molecule has 1 N–H and O–H groups in total. The lowest BCUT2D eigenvalue weighted by Gasteiger charge is -2.11. The first kappa shape index (κ1) is 20.7. The molecule has 1 heterocycles. The van der Waals surface area contributed by atoms with Gasteiger partial charge in [-0.15, -0.1) is 0 Å². The molecule has 0 bridgehead atoms. The SMILES string of the molecule is O=C(COC(=O)c1ccccc1Oc1cccnc1)Nc1ccc(Cl)c([N+](=O)[O-])c1. The molecule has 1 amide bonds. The van der Waals surface area contributed by atoms with E-state index in [0.717, 1.165) is 6.07 Å². The second-order valence-corrected chi connectivity index (χ2v) is 6.24. The number of carbonyl (C=O) groups is 2. The minimum atomic E-state index is -0.772. The van der Waals surface area contributed by atoms with Crippen molar-refractivity contribution in [1.29, 1.82) is 0 Å². The van der Waals surface area contributed by atoms with Gasteiger partial charge in [0.25, 0.3) is 11.6 Å². The Labute approximate surface area is 175 Å². The van der Waals surface area contributed by atoms with Gasteiger partial charge in [0.05, 0.1) is 11.1 Å². The minimum Gasteiger partial charge on any atom is -0.455 e. The molecule has 0 spiro atoms. The number of nitro groups is 1. The molecule has 0 fully saturated rings. The van der Waals surface area contributed by atoms with Crippen LogP contribution in [0.25, 0.3) is 0 Å². The number of carbonyl (C=O) groups excluding carboxylic acids is 2. The van der Waals surface area contributed by atoms with Crippen molar-refractivity contribution < 1.29 is 24.0 Å². The number of pyridine rings is 1. The van der Waals surface area contributed by atoms with Crippen LogP contribution in [0.3, 0.4) is 0 Å². The van der Waals surface area contributed by atoms with Crippen molar-refractivity contribution in [2.24, 2.45) is 0 Å². The highest BCUT2D eigenvalue weighted by Gasteiger charge is 2.17. The highest BCUT2D eigenvalue weighted by atomic mass is 35.5. The number of anilines is 1. The number of nitrogens with one attached hydrogen (secondary N) is 1. The molecule has 3 aromatic rings. The highest BCUT2D eigenvalue weighted by molar-refractivity contribution is 6.32. The normalized spacial score (nSPS) is 10.2. The van der Waals surface area contributed by atoms with E-state index in [-0.39, 0.29) is 27.7 Å². The molecule has 10 heteroatoms. The van der Waals surface area contributed by atoms with Crippen LogP contribution < -0.4 is 10.1 Å². The van der Waals surface area contributed by atoms with Gasteiger partial charge in [-0.25, -0.2) is 4.79 Å². The summed E-state index contributed by atoms with van der Waals surface area (Å²) in [7, 11) is 0. The summed E-state index contributed by atoms with van der Waals surface area (Å²) in [6.07, 6.45) is 3.07. The van der Waals surface area contributed by atoms with Gasteiger partial charge >= 0.3 is 5.97 Å². The van der Waals surface area contributed by atoms with Gasteiger partial charge in [-0.3, -0.25) is 19.9 Å². The Hall–Kier alpha value is -3.98. The molecule has 0 aliphatic heterocycles. The molecular weight excluding hydrogens is 414 g/mol. The largest absolute Gasteiger partial charge is 0.455 e. The highest BCUT2D eigenvalue weighted by Crippen LogP contribution is 2.27. The first-order chi connectivity index (χ1) is 14.4. The third-order valence-corrected chi connectivity index (χ3v) is 4.05. The number of amides is 1. The van der Waals surface area contributed by atoms with Crippen molar-refractivity contribution in [3.8, 4) is 11.5 Å². The van der Waals surface area contributed by atoms with Crippen LogP contribution in [0.15, 0.2) is 67.0 Å². The standard InChI is InChI=1S/C20H14ClN3O6/c21-16-8-7-13(10-17(16)24(27)28)23-19(25)12-29-20(26)15-5-1-2-6-18(15)30-14-4-3-9-22-11-14/h1-11H,12H2,(H,23,25). The summed E-state index contributed by atoms with van der Waals surface area (Å²) in [5.74, 6) is -0.776. The Bertz CT molecular complexity index is 1090. The van der Waals surface area contributed by atoms with E-state index < -0.39 is 23.4 Å². The zero-order valence-electron chi connectivity index (χ0n) is 15.3. The average Bonchev–Trinajstić information content (AvgIpc) is 2.74. The third-order valence-electron chi connectivity index (χ3n) is 3.73. The lowest BCUT2D eigenvalue weighted by atomic mass is 10.2. The van der Waals surface area contributed by atoms with E-state index >= 15 is 0 Å². The van der Waals surface area contributed by atoms with E-state index in [4.69, 9.17) is 21.1 Å². The summed E-state index contributed by atoms with van der Waals surface area (Å²) in [4.78, 5) is 38.6. The van der Waals surface area contributed by atoms with Crippen LogP contribution in [-0.2, 0) is 9.53 Å². The first-order valence-corrected chi connectivity index (χ1v) is 8.89. The summed E-state index contributed by atoms with van der Waals surface area (Å²) in [5, 5.41) is 13.3. The molecule has 0 unspecified atom stereocenters. The molecule has 0 aliphatic carbocycles. The predicted octanol–water partition coefficient (Wildman–Crippen LogP) is 4.23. The van der Waals surface area contributed by atoms with E-state index in [1.807, 2.05) is 0 Å². The fourth-order valence-corrected chi connectivity index (χ4v) is 2.58. The van der Waals surface area contributed by atoms with Crippen molar-refractivity contribution in [2.45, 2.75) is 0 Å². The topological polar surface area (TPSA) is 121 Å². The number of halogens is 1. The van der Waals surface area contributed by atoms with E-state index in [2.05, 4.69) is 10.3 Å². The van der Waals surface area contributed by atoms with E-state index in [9.17, 15) is 19.7 Å². The second kappa shape index (κ2) is 9.48. The molecule has 0 saturated heterocycles. The summed E-state index contributed by atoms with van der Waals surface area (Å²) in [5.41, 5.74) is -0.0864. The number of esters is 1. The molecule has 30 heavy (non-hydrogen) atoms. The fraction of sp³-hybridized carbons (Fsp3) is 0.0500. The number of hydrogen-bond donors (Lipinski definition) is 1. The molecule has 3 rings (SSSR count). The smallest absolute Gasteiger partial charge is 0.342 e. The number of aromatic nitrogens is 1. The van der Waals surface area contributed by atoms with Gasteiger partial charge in [-0.2, -0.15) is 0 Å². The van der Waals surface area contributed by atoms with E-state index in [1.165, 1.54) is 24.4 Å². The van der Waals surface area contributed by atoms with Gasteiger partial charge in [0.15, 0.2) is 6.61 Å². The first-order valence-electron chi connectivity index (χ1n) is 8.52. The van der Waals surface area contributed by atoms with Crippen molar-refractivity contribution in [1.82, 2.24) is 4.98 Å². The molecule has 2 aromatic carbocycles. The van der Waals surface area contributed by atoms with Crippen LogP contribution >= 0.6 is 11.6 Å². The van der Waals surface area contributed by atoms with Crippen LogP contribution in [0, 0.1) is 10.1 Å². The molecule has 0 aliphatic rings. The monoisotopic (exact) mass is 427 g/mol. The fourth-order valence-electron chi connectivity index (χ4n) is 2.39. The number of hydrogen-bond acceptors (Lipinski definition) is 7. The summed E-state index contributed by atoms with van der Waals surface area (Å²) >= 11 is 5.73. The molecule has 0 atom stereocenters. The van der Waals surface area contributed by atoms with E-state index in [1.54, 1.807) is 36.5 Å². The quantitative estimate of drug-likeness (QED) is 0.340. The maximum Gasteiger partial charge on any atom is 0.342 e. The summed E-state index contributed by atoms with van der Waals surface area (Å²) in [6, 6.07) is 13.5. The summed E-state index contributed by atoms with van der Waals surface area (Å²) in [6.45, 7) is -0.601. The van der Waals surface area contributed by atoms with Crippen LogP contribution in [0.1, 0.15) is 10.4 Å². The van der Waals surface area contributed by atoms with Crippen LogP contribution in [0.2, 0.25) is 5.02 Å². The maximum atomic E-state index is 12.4. The Kier molecular flexibility index (Phi) is 6.56. The number of ether oxygens (including phenoxy) is 2. The number of rotatable bonds is 7. The number of nitro benzene ring substituents is 1. The minimum absolute atomic E-state index is 0.0605. The van der Waals surface area contributed by atoms with Crippen LogP contribution in [-0.4, -0.2) is 28.4 Å². The zero-order chi connectivity index (χ0) is 21.5. The Morgan fingerprint density at radius 3 is 2.67 bits per heavy atom. The van der Waals surface area contributed by atoms with Crippen LogP contribution in [0.5, 0.6) is 11.5 Å². The molecule has 0 saturated carbocycles. The Balaban J connectivity index is 1.63. The Morgan fingerprint density at radius 1 is 1.13 bits per heavy atom. The number of nitrogens with zero attached hydrogens (tertiary/aromatic N) is 2. The van der Waals surface area contributed by atoms with Gasteiger partial charge in [0.1, 0.15) is 22.1 Å². The van der Waals surface area contributed by atoms with Crippen molar-refractivity contribution in [2.75, 3.05) is 11.9 Å². The third kappa shape index (κ3) is 5.30. The zero-order valence-corrected chi connectivity index (χ0v) is 16.0. The maximum absolute atomic E-state index is 12.4. The number of benzene rings is 2. The van der Waals surface area contributed by atoms with Gasteiger partial charge in [-0.1, -0.05) is 23.7 Å². The summed E-state index contributed by atoms with van der Waals surface area (Å²) < 4.78 is 10.7. The lowest BCUT2D eigenvalue weighted by Crippen LogP contribution is -2.21. The van der Waals surface area contributed by atoms with Gasteiger partial charge in [-0.05, 0) is 36.4 Å². The predicted molar refractivity (Wildman–Crippen MR) is 108 cm³/mol. The molecule has 9 nitrogen and oxygen atoms in total. The van der Waals surface area contributed by atoms with Gasteiger partial charge in [0.2, 0.25) is 0 Å².